The molecular weight excluding hydrogens is 344 g/mol. The maximum Gasteiger partial charge on any atom is 0.267 e. The van der Waals surface area contributed by atoms with Gasteiger partial charge in [-0.25, -0.2) is 4.98 Å². The highest BCUT2D eigenvalue weighted by Crippen LogP contribution is 2.25. The molecule has 0 aliphatic rings. The standard InChI is InChI=1S/C17H17ClN4O3/c1-3-21(4-2)13(23)9-22-10-19-16-14(17(22)24)15(20-25-16)11-5-7-12(18)8-6-11/h5-8,10H,3-4,9H2,1-2H3. The topological polar surface area (TPSA) is 81.2 Å². The molecule has 25 heavy (non-hydrogen) atoms. The molecule has 0 radical (unpaired) electrons. The summed E-state index contributed by atoms with van der Waals surface area (Å²) >= 11 is 5.90. The Morgan fingerprint density at radius 3 is 2.56 bits per heavy atom. The number of carbonyl (C=O) groups excluding carboxylic acids is 1. The van der Waals surface area contributed by atoms with E-state index in [1.807, 2.05) is 13.8 Å². The molecule has 3 rings (SSSR count). The Morgan fingerprint density at radius 1 is 1.24 bits per heavy atom. The van der Waals surface area contributed by atoms with Gasteiger partial charge in [-0.05, 0) is 26.0 Å². The second kappa shape index (κ2) is 7.06. The van der Waals surface area contributed by atoms with Gasteiger partial charge in [0.05, 0.1) is 0 Å². The molecule has 0 saturated heterocycles. The van der Waals surface area contributed by atoms with Crippen molar-refractivity contribution in [3.05, 3.63) is 46.0 Å². The summed E-state index contributed by atoms with van der Waals surface area (Å²) in [6, 6.07) is 6.90. The lowest BCUT2D eigenvalue weighted by atomic mass is 10.1. The number of benzene rings is 1. The van der Waals surface area contributed by atoms with E-state index >= 15 is 0 Å². The largest absolute Gasteiger partial charge is 0.342 e. The van der Waals surface area contributed by atoms with Crippen LogP contribution < -0.4 is 5.56 Å². The number of likely N-dealkylation sites (N-methyl/N-ethyl adjacent to an activating group) is 1. The van der Waals surface area contributed by atoms with Crippen molar-refractivity contribution in [3.63, 3.8) is 0 Å². The fourth-order valence-corrected chi connectivity index (χ4v) is 2.75. The minimum absolute atomic E-state index is 0.0747. The van der Waals surface area contributed by atoms with Crippen LogP contribution in [-0.2, 0) is 11.3 Å². The van der Waals surface area contributed by atoms with Gasteiger partial charge in [-0.3, -0.25) is 14.2 Å². The van der Waals surface area contributed by atoms with Gasteiger partial charge in [0, 0.05) is 23.7 Å². The van der Waals surface area contributed by atoms with Crippen LogP contribution in [0.1, 0.15) is 13.8 Å². The maximum absolute atomic E-state index is 12.8. The number of halogens is 1. The van der Waals surface area contributed by atoms with E-state index in [0.29, 0.717) is 29.4 Å². The van der Waals surface area contributed by atoms with E-state index in [4.69, 9.17) is 16.1 Å². The summed E-state index contributed by atoms with van der Waals surface area (Å²) in [6.07, 6.45) is 1.31. The van der Waals surface area contributed by atoms with Crippen LogP contribution in [0.4, 0.5) is 0 Å². The van der Waals surface area contributed by atoms with E-state index < -0.39 is 0 Å². The highest BCUT2D eigenvalue weighted by molar-refractivity contribution is 6.30. The lowest BCUT2D eigenvalue weighted by molar-refractivity contribution is -0.131. The van der Waals surface area contributed by atoms with Gasteiger partial charge in [-0.15, -0.1) is 0 Å². The molecule has 1 aromatic carbocycles. The quantitative estimate of drug-likeness (QED) is 0.698. The molecule has 1 amide bonds. The van der Waals surface area contributed by atoms with Crippen LogP contribution in [0.15, 0.2) is 39.9 Å². The Bertz CT molecular complexity index is 958. The normalized spacial score (nSPS) is 11.0. The zero-order valence-electron chi connectivity index (χ0n) is 13.9. The Labute approximate surface area is 148 Å². The number of nitrogens with zero attached hydrogens (tertiary/aromatic N) is 4. The predicted molar refractivity (Wildman–Crippen MR) is 94.4 cm³/mol. The molecular formula is C17H17ClN4O3. The summed E-state index contributed by atoms with van der Waals surface area (Å²) in [4.78, 5) is 30.9. The zero-order valence-corrected chi connectivity index (χ0v) is 14.7. The maximum atomic E-state index is 12.8. The molecule has 0 saturated carbocycles. The Kier molecular flexibility index (Phi) is 4.85. The lowest BCUT2D eigenvalue weighted by Crippen LogP contribution is -2.36. The molecule has 8 heteroatoms. The average molecular weight is 361 g/mol. The minimum atomic E-state index is -0.364. The summed E-state index contributed by atoms with van der Waals surface area (Å²) in [7, 11) is 0. The molecule has 0 spiro atoms. The molecule has 0 N–H and O–H groups in total. The number of amides is 1. The number of fused-ring (bicyclic) bond motifs is 1. The molecule has 0 bridgehead atoms. The second-order valence-electron chi connectivity index (χ2n) is 5.46. The summed E-state index contributed by atoms with van der Waals surface area (Å²) in [5.41, 5.74) is 0.849. The van der Waals surface area contributed by atoms with Gasteiger partial charge in [0.1, 0.15) is 24.0 Å². The number of carbonyl (C=O) groups is 1. The smallest absolute Gasteiger partial charge is 0.267 e. The van der Waals surface area contributed by atoms with E-state index in [1.54, 1.807) is 29.2 Å². The monoisotopic (exact) mass is 360 g/mol. The van der Waals surface area contributed by atoms with Crippen molar-refractivity contribution in [3.8, 4) is 11.3 Å². The summed E-state index contributed by atoms with van der Waals surface area (Å²) < 4.78 is 6.44. The molecule has 2 aromatic heterocycles. The molecule has 3 aromatic rings. The van der Waals surface area contributed by atoms with Gasteiger partial charge in [0.25, 0.3) is 11.3 Å². The Morgan fingerprint density at radius 2 is 1.92 bits per heavy atom. The second-order valence-corrected chi connectivity index (χ2v) is 5.90. The van der Waals surface area contributed by atoms with Crippen molar-refractivity contribution in [1.29, 1.82) is 0 Å². The van der Waals surface area contributed by atoms with Crippen molar-refractivity contribution < 1.29 is 9.32 Å². The van der Waals surface area contributed by atoms with Gasteiger partial charge in [0.2, 0.25) is 5.91 Å². The van der Waals surface area contributed by atoms with Crippen LogP contribution in [0.25, 0.3) is 22.4 Å². The van der Waals surface area contributed by atoms with Crippen LogP contribution in [0, 0.1) is 0 Å². The first-order valence-electron chi connectivity index (χ1n) is 7.93. The van der Waals surface area contributed by atoms with Crippen molar-refractivity contribution in [2.75, 3.05) is 13.1 Å². The van der Waals surface area contributed by atoms with Crippen molar-refractivity contribution in [1.82, 2.24) is 19.6 Å². The third-order valence-electron chi connectivity index (χ3n) is 4.00. The van der Waals surface area contributed by atoms with Crippen LogP contribution in [0.5, 0.6) is 0 Å². The predicted octanol–water partition coefficient (Wildman–Crippen LogP) is 2.57. The SMILES string of the molecule is CCN(CC)C(=O)Cn1cnc2onc(-c3ccc(Cl)cc3)c2c1=O. The van der Waals surface area contributed by atoms with Gasteiger partial charge in [0.15, 0.2) is 0 Å². The average Bonchev–Trinajstić information content (AvgIpc) is 3.04. The van der Waals surface area contributed by atoms with Gasteiger partial charge in [-0.1, -0.05) is 28.9 Å². The first kappa shape index (κ1) is 17.2. The minimum Gasteiger partial charge on any atom is -0.342 e. The number of aromatic nitrogens is 3. The Hall–Kier alpha value is -2.67. The third kappa shape index (κ3) is 3.28. The fourth-order valence-electron chi connectivity index (χ4n) is 2.62. The lowest BCUT2D eigenvalue weighted by Gasteiger charge is -2.18. The zero-order chi connectivity index (χ0) is 18.0. The van der Waals surface area contributed by atoms with Gasteiger partial charge >= 0.3 is 0 Å². The molecule has 0 unspecified atom stereocenters. The molecule has 2 heterocycles. The molecule has 7 nitrogen and oxygen atoms in total. The van der Waals surface area contributed by atoms with E-state index in [1.165, 1.54) is 10.9 Å². The van der Waals surface area contributed by atoms with Gasteiger partial charge in [-0.2, -0.15) is 0 Å². The van der Waals surface area contributed by atoms with Crippen LogP contribution >= 0.6 is 11.6 Å². The molecule has 130 valence electrons. The summed E-state index contributed by atoms with van der Waals surface area (Å²) in [5.74, 6) is -0.141. The highest BCUT2D eigenvalue weighted by atomic mass is 35.5. The molecule has 0 aliphatic heterocycles. The first-order valence-corrected chi connectivity index (χ1v) is 8.31. The van der Waals surface area contributed by atoms with E-state index in [-0.39, 0.29) is 29.1 Å². The fraction of sp³-hybridized carbons (Fsp3) is 0.294. The highest BCUT2D eigenvalue weighted by Gasteiger charge is 2.19. The first-order chi connectivity index (χ1) is 12.0. The summed E-state index contributed by atoms with van der Waals surface area (Å²) in [6.45, 7) is 4.88. The van der Waals surface area contributed by atoms with Crippen molar-refractivity contribution in [2.24, 2.45) is 0 Å². The van der Waals surface area contributed by atoms with Crippen molar-refractivity contribution >= 4 is 28.6 Å². The number of rotatable bonds is 5. The van der Waals surface area contributed by atoms with E-state index in [9.17, 15) is 9.59 Å². The van der Waals surface area contributed by atoms with Crippen LogP contribution in [0.3, 0.4) is 0 Å². The number of hydrogen-bond acceptors (Lipinski definition) is 5. The third-order valence-corrected chi connectivity index (χ3v) is 4.25. The molecule has 0 atom stereocenters. The summed E-state index contributed by atoms with van der Waals surface area (Å²) in [5, 5.41) is 4.78. The van der Waals surface area contributed by atoms with E-state index in [2.05, 4.69) is 10.1 Å². The molecule has 0 aliphatic carbocycles. The van der Waals surface area contributed by atoms with Crippen LogP contribution in [0.2, 0.25) is 5.02 Å². The number of hydrogen-bond donors (Lipinski definition) is 0. The van der Waals surface area contributed by atoms with E-state index in [0.717, 1.165) is 0 Å². The van der Waals surface area contributed by atoms with Crippen LogP contribution in [-0.4, -0.2) is 38.6 Å². The van der Waals surface area contributed by atoms with Gasteiger partial charge < -0.3 is 9.42 Å². The Balaban J connectivity index is 2.04. The molecule has 0 fully saturated rings. The van der Waals surface area contributed by atoms with Crippen molar-refractivity contribution in [2.45, 2.75) is 20.4 Å².